The number of ether oxygens (including phenoxy) is 3. The van der Waals surface area contributed by atoms with Gasteiger partial charge in [-0.2, -0.15) is 0 Å². The van der Waals surface area contributed by atoms with Crippen molar-refractivity contribution in [3.63, 3.8) is 0 Å². The number of carbonyl (C=O) groups is 1. The monoisotopic (exact) mass is 600 g/mol. The number of aliphatic hydroxyl groups excluding tert-OH is 1. The average molecular weight is 601 g/mol. The minimum absolute atomic E-state index is 0.0197. The molecular formula is C30H36N2O9S. The van der Waals surface area contributed by atoms with Gasteiger partial charge in [-0.05, 0) is 54.7 Å². The molecule has 0 fully saturated rings. The number of amides is 1. The quantitative estimate of drug-likeness (QED) is 0.217. The molecule has 42 heavy (non-hydrogen) atoms. The van der Waals surface area contributed by atoms with Crippen LogP contribution in [0.2, 0.25) is 0 Å². The number of hydrogen-bond donors (Lipinski definition) is 3. The van der Waals surface area contributed by atoms with Gasteiger partial charge >= 0.3 is 6.09 Å². The van der Waals surface area contributed by atoms with E-state index in [4.69, 9.17) is 19.0 Å². The van der Waals surface area contributed by atoms with Gasteiger partial charge in [0.1, 0.15) is 12.4 Å². The third-order valence-corrected chi connectivity index (χ3v) is 8.45. The number of rotatable bonds is 15. The Morgan fingerprint density at radius 1 is 0.976 bits per heavy atom. The molecule has 0 saturated carbocycles. The number of nitrogens with zero attached hydrogens (tertiary/aromatic N) is 1. The van der Waals surface area contributed by atoms with Gasteiger partial charge in [-0.15, -0.1) is 0 Å². The topological polar surface area (TPSA) is 144 Å². The zero-order valence-corrected chi connectivity index (χ0v) is 24.3. The van der Waals surface area contributed by atoms with Crippen LogP contribution in [0, 0.1) is 0 Å². The van der Waals surface area contributed by atoms with E-state index in [-0.39, 0.29) is 23.9 Å². The molecule has 2 atom stereocenters. The van der Waals surface area contributed by atoms with Crippen molar-refractivity contribution >= 4 is 16.1 Å². The van der Waals surface area contributed by atoms with Crippen LogP contribution in [0.3, 0.4) is 0 Å². The predicted octanol–water partition coefficient (Wildman–Crippen LogP) is 4.35. The summed E-state index contributed by atoms with van der Waals surface area (Å²) in [7, 11) is -4.28. The van der Waals surface area contributed by atoms with Gasteiger partial charge in [-0.25, -0.2) is 13.2 Å². The Morgan fingerprint density at radius 3 is 2.33 bits per heavy atom. The second-order valence-electron chi connectivity index (χ2n) is 9.80. The molecule has 4 rings (SSSR count). The molecule has 0 spiro atoms. The Bertz CT molecular complexity index is 1410. The molecule has 1 amide bonds. The van der Waals surface area contributed by atoms with Crippen LogP contribution in [0.5, 0.6) is 17.2 Å². The fourth-order valence-electron chi connectivity index (χ4n) is 4.40. The highest BCUT2D eigenvalue weighted by atomic mass is 32.2. The standard InChI is InChI=1S/C30H36N2O9S/c1-3-23(4-2)41-32(42(36,37)25-14-15-28-29(17-25)40-20-39-28)18-27(33)26(31-30(34)35)16-21-10-12-24(13-11-21)38-19-22-8-6-5-7-9-22/h5-15,17,23,26-27,31,33H,3-4,16,18-20H2,1-2H3,(H,34,35)/t26-,27-/m0/s1. The molecule has 0 saturated heterocycles. The number of hydroxylamine groups is 1. The first-order valence-corrected chi connectivity index (χ1v) is 15.2. The first-order valence-electron chi connectivity index (χ1n) is 13.7. The van der Waals surface area contributed by atoms with Crippen LogP contribution in [-0.4, -0.2) is 60.8 Å². The van der Waals surface area contributed by atoms with Gasteiger partial charge in [0.15, 0.2) is 11.5 Å². The van der Waals surface area contributed by atoms with Crippen LogP contribution in [0.4, 0.5) is 4.79 Å². The summed E-state index contributed by atoms with van der Waals surface area (Å²) in [6, 6.07) is 19.9. The van der Waals surface area contributed by atoms with Gasteiger partial charge in [0.25, 0.3) is 10.0 Å². The van der Waals surface area contributed by atoms with Gasteiger partial charge in [-0.1, -0.05) is 60.8 Å². The predicted molar refractivity (Wildman–Crippen MR) is 154 cm³/mol. The molecule has 3 aromatic carbocycles. The Morgan fingerprint density at radius 2 is 1.67 bits per heavy atom. The van der Waals surface area contributed by atoms with Crippen LogP contribution in [0.15, 0.2) is 77.7 Å². The number of fused-ring (bicyclic) bond motifs is 1. The normalized spacial score (nSPS) is 14.1. The smallest absolute Gasteiger partial charge is 0.404 e. The highest BCUT2D eigenvalue weighted by Gasteiger charge is 2.34. The first-order chi connectivity index (χ1) is 20.2. The lowest BCUT2D eigenvalue weighted by atomic mass is 10.0. The highest BCUT2D eigenvalue weighted by Crippen LogP contribution is 2.35. The summed E-state index contributed by atoms with van der Waals surface area (Å²) in [4.78, 5) is 17.4. The van der Waals surface area contributed by atoms with Gasteiger partial charge < -0.3 is 29.7 Å². The van der Waals surface area contributed by atoms with E-state index >= 15 is 0 Å². The molecule has 1 aliphatic rings. The number of sulfonamides is 1. The van der Waals surface area contributed by atoms with Crippen LogP contribution >= 0.6 is 0 Å². The molecule has 1 heterocycles. The fraction of sp³-hybridized carbons (Fsp3) is 0.367. The van der Waals surface area contributed by atoms with E-state index in [0.29, 0.717) is 36.5 Å². The van der Waals surface area contributed by atoms with Crippen molar-refractivity contribution in [3.8, 4) is 17.2 Å². The van der Waals surface area contributed by atoms with Crippen molar-refractivity contribution in [1.82, 2.24) is 9.79 Å². The number of benzene rings is 3. The maximum atomic E-state index is 13.7. The van der Waals surface area contributed by atoms with Crippen molar-refractivity contribution in [3.05, 3.63) is 83.9 Å². The molecule has 11 nitrogen and oxygen atoms in total. The van der Waals surface area contributed by atoms with Gasteiger partial charge in [0.2, 0.25) is 6.79 Å². The maximum Gasteiger partial charge on any atom is 0.404 e. The Hall–Kier alpha value is -3.84. The molecule has 3 N–H and O–H groups in total. The Kier molecular flexibility index (Phi) is 10.6. The summed E-state index contributed by atoms with van der Waals surface area (Å²) in [5.41, 5.74) is 1.73. The summed E-state index contributed by atoms with van der Waals surface area (Å²) in [5.74, 6) is 1.33. The third kappa shape index (κ3) is 8.13. The number of carboxylic acid groups (broad SMARTS) is 1. The molecule has 1 aliphatic heterocycles. The van der Waals surface area contributed by atoms with E-state index in [1.807, 2.05) is 44.2 Å². The summed E-state index contributed by atoms with van der Waals surface area (Å²) in [6.07, 6.45) is -2.11. The highest BCUT2D eigenvalue weighted by molar-refractivity contribution is 7.89. The molecule has 3 aromatic rings. The maximum absolute atomic E-state index is 13.7. The SMILES string of the molecule is CCC(CC)ON(C[C@H](O)[C@H](Cc1ccc(OCc2ccccc2)cc1)NC(=O)O)S(=O)(=O)c1ccc2c(c1)OCO2. The second-order valence-corrected chi connectivity index (χ2v) is 11.6. The van der Waals surface area contributed by atoms with Crippen molar-refractivity contribution in [2.75, 3.05) is 13.3 Å². The minimum atomic E-state index is -4.28. The lowest BCUT2D eigenvalue weighted by Crippen LogP contribution is -2.50. The zero-order valence-electron chi connectivity index (χ0n) is 23.5. The van der Waals surface area contributed by atoms with E-state index < -0.39 is 40.9 Å². The van der Waals surface area contributed by atoms with Crippen molar-refractivity contribution in [1.29, 1.82) is 0 Å². The number of aliphatic hydroxyl groups is 1. The van der Waals surface area contributed by atoms with Crippen LogP contribution in [0.1, 0.15) is 37.8 Å². The Balaban J connectivity index is 1.50. The van der Waals surface area contributed by atoms with Crippen LogP contribution in [-0.2, 0) is 27.9 Å². The molecule has 0 bridgehead atoms. The lowest BCUT2D eigenvalue weighted by molar-refractivity contribution is -0.149. The molecule has 226 valence electrons. The average Bonchev–Trinajstić information content (AvgIpc) is 3.47. The summed E-state index contributed by atoms with van der Waals surface area (Å²) >= 11 is 0. The van der Waals surface area contributed by atoms with Gasteiger partial charge in [0.05, 0.1) is 29.7 Å². The largest absolute Gasteiger partial charge is 0.489 e. The van der Waals surface area contributed by atoms with Crippen LogP contribution < -0.4 is 19.5 Å². The number of hydrogen-bond acceptors (Lipinski definition) is 8. The van der Waals surface area contributed by atoms with Crippen molar-refractivity contribution in [2.24, 2.45) is 0 Å². The molecule has 0 aromatic heterocycles. The van der Waals surface area contributed by atoms with E-state index in [0.717, 1.165) is 10.0 Å². The molecule has 0 aliphatic carbocycles. The van der Waals surface area contributed by atoms with Crippen LogP contribution in [0.25, 0.3) is 0 Å². The van der Waals surface area contributed by atoms with E-state index in [9.17, 15) is 23.4 Å². The van der Waals surface area contributed by atoms with E-state index in [1.165, 1.54) is 18.2 Å². The minimum Gasteiger partial charge on any atom is -0.489 e. The molecule has 0 unspecified atom stereocenters. The Labute approximate surface area is 245 Å². The third-order valence-electron chi connectivity index (χ3n) is 6.82. The molecule has 0 radical (unpaired) electrons. The van der Waals surface area contributed by atoms with Gasteiger partial charge in [-0.3, -0.25) is 4.84 Å². The number of nitrogens with one attached hydrogen (secondary N) is 1. The fourth-order valence-corrected chi connectivity index (χ4v) is 5.71. The lowest BCUT2D eigenvalue weighted by Gasteiger charge is -2.30. The summed E-state index contributed by atoms with van der Waals surface area (Å²) in [6.45, 7) is 3.58. The van der Waals surface area contributed by atoms with E-state index in [1.54, 1.807) is 24.3 Å². The van der Waals surface area contributed by atoms with Crippen molar-refractivity contribution < 1.29 is 42.5 Å². The van der Waals surface area contributed by atoms with E-state index in [2.05, 4.69) is 5.32 Å². The molecule has 12 heteroatoms. The zero-order chi connectivity index (χ0) is 30.1. The van der Waals surface area contributed by atoms with Gasteiger partial charge in [0, 0.05) is 6.07 Å². The molecular weight excluding hydrogens is 564 g/mol. The van der Waals surface area contributed by atoms with Crippen molar-refractivity contribution in [2.45, 2.75) is 62.9 Å². The second kappa shape index (κ2) is 14.4. The summed E-state index contributed by atoms with van der Waals surface area (Å²) in [5, 5.41) is 23.0. The summed E-state index contributed by atoms with van der Waals surface area (Å²) < 4.78 is 44.5. The first kappa shape index (κ1) is 31.1.